The average Bonchev–Trinajstić information content (AvgIpc) is 2.40. The first-order valence-electron chi connectivity index (χ1n) is 6.52. The number of nitrogens with two attached hydrogens (primary N) is 1. The van der Waals surface area contributed by atoms with E-state index in [0.717, 1.165) is 25.4 Å². The van der Waals surface area contributed by atoms with Crippen molar-refractivity contribution in [2.24, 2.45) is 5.73 Å². The van der Waals surface area contributed by atoms with Crippen LogP contribution in [0.25, 0.3) is 0 Å². The minimum absolute atomic E-state index is 0.558. The quantitative estimate of drug-likeness (QED) is 0.845. The van der Waals surface area contributed by atoms with Gasteiger partial charge >= 0.3 is 0 Å². The van der Waals surface area contributed by atoms with Gasteiger partial charge in [-0.05, 0) is 31.5 Å². The molecule has 0 radical (unpaired) electrons. The van der Waals surface area contributed by atoms with Crippen molar-refractivity contribution < 1.29 is 4.74 Å². The third-order valence-electron chi connectivity index (χ3n) is 3.41. The maximum Gasteiger partial charge on any atom is 0.119 e. The van der Waals surface area contributed by atoms with E-state index < -0.39 is 0 Å². The number of piperidine rings is 1. The number of hydrogen-bond donors (Lipinski definition) is 1. The van der Waals surface area contributed by atoms with Crippen LogP contribution in [-0.2, 0) is 0 Å². The summed E-state index contributed by atoms with van der Waals surface area (Å²) in [6, 6.07) is 10.6. The minimum Gasteiger partial charge on any atom is -0.492 e. The van der Waals surface area contributed by atoms with E-state index in [9.17, 15) is 0 Å². The molecule has 0 bridgehead atoms. The van der Waals surface area contributed by atoms with Crippen molar-refractivity contribution in [3.63, 3.8) is 0 Å². The summed E-state index contributed by atoms with van der Waals surface area (Å²) >= 11 is 0. The molecule has 1 fully saturated rings. The lowest BCUT2D eigenvalue weighted by Gasteiger charge is -2.34. The zero-order valence-electron chi connectivity index (χ0n) is 10.3. The zero-order valence-corrected chi connectivity index (χ0v) is 10.3. The fourth-order valence-electron chi connectivity index (χ4n) is 2.42. The van der Waals surface area contributed by atoms with Gasteiger partial charge in [-0.1, -0.05) is 24.6 Å². The summed E-state index contributed by atoms with van der Waals surface area (Å²) in [5.41, 5.74) is 5.79. The molecule has 94 valence electrons. The van der Waals surface area contributed by atoms with E-state index in [4.69, 9.17) is 10.5 Å². The van der Waals surface area contributed by atoms with Gasteiger partial charge in [-0.2, -0.15) is 0 Å². The van der Waals surface area contributed by atoms with E-state index in [1.54, 1.807) is 0 Å². The van der Waals surface area contributed by atoms with Crippen molar-refractivity contribution in [2.75, 3.05) is 26.2 Å². The van der Waals surface area contributed by atoms with Gasteiger partial charge in [0.05, 0.1) is 0 Å². The van der Waals surface area contributed by atoms with E-state index in [1.807, 2.05) is 30.3 Å². The number of benzene rings is 1. The number of rotatable bonds is 5. The summed E-state index contributed by atoms with van der Waals surface area (Å²) in [6.45, 7) is 3.67. The molecule has 0 saturated carbocycles. The van der Waals surface area contributed by atoms with Gasteiger partial charge in [-0.25, -0.2) is 0 Å². The van der Waals surface area contributed by atoms with E-state index in [2.05, 4.69) is 4.90 Å². The van der Waals surface area contributed by atoms with Crippen LogP contribution in [0.5, 0.6) is 5.75 Å². The van der Waals surface area contributed by atoms with Crippen LogP contribution in [-0.4, -0.2) is 37.2 Å². The van der Waals surface area contributed by atoms with E-state index >= 15 is 0 Å². The molecule has 1 aliphatic rings. The van der Waals surface area contributed by atoms with Crippen molar-refractivity contribution in [3.05, 3.63) is 30.3 Å². The lowest BCUT2D eigenvalue weighted by atomic mass is 10.0. The van der Waals surface area contributed by atoms with E-state index in [-0.39, 0.29) is 0 Å². The number of nitrogens with zero attached hydrogens (tertiary/aromatic N) is 1. The molecule has 1 heterocycles. The largest absolute Gasteiger partial charge is 0.492 e. The molecule has 3 nitrogen and oxygen atoms in total. The van der Waals surface area contributed by atoms with Crippen molar-refractivity contribution in [2.45, 2.75) is 25.3 Å². The fraction of sp³-hybridized carbons (Fsp3) is 0.571. The van der Waals surface area contributed by atoms with Crippen molar-refractivity contribution in [1.82, 2.24) is 4.90 Å². The van der Waals surface area contributed by atoms with Crippen LogP contribution < -0.4 is 10.5 Å². The highest BCUT2D eigenvalue weighted by Gasteiger charge is 2.20. The summed E-state index contributed by atoms with van der Waals surface area (Å²) < 4.78 is 5.72. The van der Waals surface area contributed by atoms with Gasteiger partial charge in [-0.15, -0.1) is 0 Å². The van der Waals surface area contributed by atoms with E-state index in [1.165, 1.54) is 25.8 Å². The van der Waals surface area contributed by atoms with Crippen LogP contribution >= 0.6 is 0 Å². The van der Waals surface area contributed by atoms with Crippen LogP contribution in [0.4, 0.5) is 0 Å². The molecule has 2 rings (SSSR count). The molecular formula is C14H22N2O. The third-order valence-corrected chi connectivity index (χ3v) is 3.41. The summed E-state index contributed by atoms with van der Waals surface area (Å²) in [4.78, 5) is 2.46. The highest BCUT2D eigenvalue weighted by Crippen LogP contribution is 2.16. The van der Waals surface area contributed by atoms with Crippen molar-refractivity contribution in [1.29, 1.82) is 0 Å². The predicted molar refractivity (Wildman–Crippen MR) is 70.2 cm³/mol. The SMILES string of the molecule is NCC1CCCCN1CCOc1ccccc1. The Labute approximate surface area is 104 Å². The van der Waals surface area contributed by atoms with Gasteiger partial charge < -0.3 is 10.5 Å². The Morgan fingerprint density at radius 1 is 1.24 bits per heavy atom. The topological polar surface area (TPSA) is 38.5 Å². The number of likely N-dealkylation sites (tertiary alicyclic amines) is 1. The second kappa shape index (κ2) is 6.62. The molecule has 0 aromatic heterocycles. The molecule has 17 heavy (non-hydrogen) atoms. The van der Waals surface area contributed by atoms with Crippen LogP contribution in [0.2, 0.25) is 0 Å². The van der Waals surface area contributed by atoms with Gasteiger partial charge in [0.15, 0.2) is 0 Å². The summed E-state index contributed by atoms with van der Waals surface area (Å²) in [5, 5.41) is 0. The van der Waals surface area contributed by atoms with Gasteiger partial charge in [0, 0.05) is 19.1 Å². The van der Waals surface area contributed by atoms with Gasteiger partial charge in [0.2, 0.25) is 0 Å². The normalized spacial score (nSPS) is 21.4. The summed E-state index contributed by atoms with van der Waals surface area (Å²) in [7, 11) is 0. The van der Waals surface area contributed by atoms with Gasteiger partial charge in [0.25, 0.3) is 0 Å². The minimum atomic E-state index is 0.558. The molecule has 1 aromatic rings. The van der Waals surface area contributed by atoms with Crippen LogP contribution in [0.15, 0.2) is 30.3 Å². The molecule has 1 aliphatic heterocycles. The van der Waals surface area contributed by atoms with Crippen LogP contribution in [0.3, 0.4) is 0 Å². The molecule has 2 N–H and O–H groups in total. The fourth-order valence-corrected chi connectivity index (χ4v) is 2.42. The Bertz CT molecular complexity index is 315. The first-order valence-corrected chi connectivity index (χ1v) is 6.52. The second-order valence-corrected chi connectivity index (χ2v) is 4.58. The van der Waals surface area contributed by atoms with Crippen molar-refractivity contribution >= 4 is 0 Å². The molecular weight excluding hydrogens is 212 g/mol. The molecule has 0 amide bonds. The Balaban J connectivity index is 1.74. The second-order valence-electron chi connectivity index (χ2n) is 4.58. The Hall–Kier alpha value is -1.06. The smallest absolute Gasteiger partial charge is 0.119 e. The lowest BCUT2D eigenvalue weighted by molar-refractivity contribution is 0.127. The molecule has 1 aromatic carbocycles. The standard InChI is InChI=1S/C14H22N2O/c15-12-13-6-4-5-9-16(13)10-11-17-14-7-2-1-3-8-14/h1-3,7-8,13H,4-6,9-12,15H2. The predicted octanol–water partition coefficient (Wildman–Crippen LogP) is 1.88. The monoisotopic (exact) mass is 234 g/mol. The Kier molecular flexibility index (Phi) is 4.83. The first-order chi connectivity index (χ1) is 8.40. The number of para-hydroxylation sites is 1. The maximum absolute atomic E-state index is 5.79. The summed E-state index contributed by atoms with van der Waals surface area (Å²) in [6.07, 6.45) is 3.85. The van der Waals surface area contributed by atoms with E-state index in [0.29, 0.717) is 6.04 Å². The average molecular weight is 234 g/mol. The Morgan fingerprint density at radius 3 is 2.82 bits per heavy atom. The summed E-state index contributed by atoms with van der Waals surface area (Å²) in [5.74, 6) is 0.953. The molecule has 3 heteroatoms. The number of ether oxygens (including phenoxy) is 1. The molecule has 0 spiro atoms. The van der Waals surface area contributed by atoms with Gasteiger partial charge in [0.1, 0.15) is 12.4 Å². The maximum atomic E-state index is 5.79. The highest BCUT2D eigenvalue weighted by atomic mass is 16.5. The van der Waals surface area contributed by atoms with Gasteiger partial charge in [-0.3, -0.25) is 4.90 Å². The first kappa shape index (κ1) is 12.4. The number of hydrogen-bond acceptors (Lipinski definition) is 3. The Morgan fingerprint density at radius 2 is 2.06 bits per heavy atom. The van der Waals surface area contributed by atoms with Crippen LogP contribution in [0.1, 0.15) is 19.3 Å². The highest BCUT2D eigenvalue weighted by molar-refractivity contribution is 5.20. The molecule has 1 atom stereocenters. The third kappa shape index (κ3) is 3.72. The van der Waals surface area contributed by atoms with Crippen LogP contribution in [0, 0.1) is 0 Å². The zero-order chi connectivity index (χ0) is 11.9. The van der Waals surface area contributed by atoms with Crippen molar-refractivity contribution in [3.8, 4) is 5.75 Å². The molecule has 1 saturated heterocycles. The lowest BCUT2D eigenvalue weighted by Crippen LogP contribution is -2.45. The molecule has 0 aliphatic carbocycles. The molecule has 1 unspecified atom stereocenters.